The molecule has 1 aromatic carbocycles. The maximum Gasteiger partial charge on any atom is 0.311 e. The monoisotopic (exact) mass is 421 g/mol. The maximum atomic E-state index is 11.9. The molecule has 168 valence electrons. The molecule has 0 unspecified atom stereocenters. The second-order valence-electron chi connectivity index (χ2n) is 7.45. The molecule has 0 saturated heterocycles. The van der Waals surface area contributed by atoms with E-state index in [0.717, 1.165) is 44.9 Å². The van der Waals surface area contributed by atoms with Gasteiger partial charge in [0.1, 0.15) is 0 Å². The van der Waals surface area contributed by atoms with Gasteiger partial charge in [0, 0.05) is 18.9 Å². The largest absolute Gasteiger partial charge is 0.466 e. The van der Waals surface area contributed by atoms with Crippen LogP contribution in [-0.2, 0) is 14.3 Å². The van der Waals surface area contributed by atoms with Crippen molar-refractivity contribution >= 4 is 17.6 Å². The number of hydrogen-bond donors (Lipinski definition) is 0. The Hall–Kier alpha value is -2.44. The molecule has 0 spiro atoms. The summed E-state index contributed by atoms with van der Waals surface area (Å²) in [4.78, 5) is 33.9. The van der Waals surface area contributed by atoms with Crippen molar-refractivity contribution in [2.24, 2.45) is 0 Å². The molecule has 1 rings (SSSR count). The topological polar surface area (TPSA) is 95.7 Å². The number of benzene rings is 1. The summed E-state index contributed by atoms with van der Waals surface area (Å²) in [6.45, 7) is 2.71. The van der Waals surface area contributed by atoms with Gasteiger partial charge in [0.2, 0.25) is 5.75 Å². The van der Waals surface area contributed by atoms with Crippen LogP contribution in [-0.4, -0.2) is 23.5 Å². The van der Waals surface area contributed by atoms with Gasteiger partial charge in [-0.2, -0.15) is 0 Å². The van der Waals surface area contributed by atoms with Crippen molar-refractivity contribution in [2.45, 2.75) is 90.4 Å². The fourth-order valence-electron chi connectivity index (χ4n) is 3.08. The number of rotatable bonds is 17. The Morgan fingerprint density at radius 2 is 1.40 bits per heavy atom. The van der Waals surface area contributed by atoms with Gasteiger partial charge in [-0.3, -0.25) is 19.7 Å². The molecule has 0 aliphatic carbocycles. The summed E-state index contributed by atoms with van der Waals surface area (Å²) in [7, 11) is 0. The first-order valence-corrected chi connectivity index (χ1v) is 11.1. The zero-order chi connectivity index (χ0) is 22.0. The number of para-hydroxylation sites is 2. The van der Waals surface area contributed by atoms with Crippen LogP contribution < -0.4 is 4.74 Å². The van der Waals surface area contributed by atoms with Crippen molar-refractivity contribution in [3.05, 3.63) is 34.4 Å². The van der Waals surface area contributed by atoms with E-state index in [9.17, 15) is 19.7 Å². The number of nitrogens with zero attached hydrogens (tertiary/aromatic N) is 1. The predicted molar refractivity (Wildman–Crippen MR) is 115 cm³/mol. The molecule has 0 heterocycles. The first kappa shape index (κ1) is 25.6. The Morgan fingerprint density at radius 3 is 2.07 bits per heavy atom. The molecule has 0 atom stereocenters. The van der Waals surface area contributed by atoms with Crippen molar-refractivity contribution in [2.75, 3.05) is 6.61 Å². The number of nitro benzene ring substituents is 1. The van der Waals surface area contributed by atoms with E-state index in [2.05, 4.69) is 6.92 Å². The smallest absolute Gasteiger partial charge is 0.311 e. The quantitative estimate of drug-likeness (QED) is 0.0986. The van der Waals surface area contributed by atoms with Crippen LogP contribution in [0.15, 0.2) is 24.3 Å². The molecule has 0 bridgehead atoms. The second kappa shape index (κ2) is 16.4. The minimum absolute atomic E-state index is 0.0136. The Bertz CT molecular complexity index is 646. The Balaban J connectivity index is 1.99. The highest BCUT2D eigenvalue weighted by Gasteiger charge is 2.16. The van der Waals surface area contributed by atoms with Crippen LogP contribution in [0, 0.1) is 10.1 Å². The summed E-state index contributed by atoms with van der Waals surface area (Å²) in [6.07, 6.45) is 11.8. The number of unbranched alkanes of at least 4 members (excludes halogenated alkanes) is 9. The first-order valence-electron chi connectivity index (χ1n) is 11.1. The van der Waals surface area contributed by atoms with Gasteiger partial charge < -0.3 is 9.47 Å². The van der Waals surface area contributed by atoms with Crippen molar-refractivity contribution in [3.63, 3.8) is 0 Å². The van der Waals surface area contributed by atoms with Crippen molar-refractivity contribution in [3.8, 4) is 5.75 Å². The van der Waals surface area contributed by atoms with E-state index < -0.39 is 10.9 Å². The normalized spacial score (nSPS) is 10.6. The SMILES string of the molecule is CCCCCCCOC(=O)CCCCCCCCC(=O)Oc1ccccc1[N+](=O)[O-]. The van der Waals surface area contributed by atoms with Gasteiger partial charge >= 0.3 is 17.6 Å². The average molecular weight is 422 g/mol. The molecule has 7 nitrogen and oxygen atoms in total. The van der Waals surface area contributed by atoms with Crippen molar-refractivity contribution in [1.29, 1.82) is 0 Å². The standard InChI is InChI=1S/C23H35NO6/c1-2-3-4-9-14-19-29-22(25)17-10-7-5-6-8-11-18-23(26)30-21-16-13-12-15-20(21)24(27)28/h12-13,15-16H,2-11,14,17-19H2,1H3. The van der Waals surface area contributed by atoms with Crippen LogP contribution in [0.1, 0.15) is 90.4 Å². The van der Waals surface area contributed by atoms with Crippen LogP contribution in [0.2, 0.25) is 0 Å². The molecule has 30 heavy (non-hydrogen) atoms. The lowest BCUT2D eigenvalue weighted by atomic mass is 10.1. The summed E-state index contributed by atoms with van der Waals surface area (Å²) >= 11 is 0. The summed E-state index contributed by atoms with van der Waals surface area (Å²) in [5.41, 5.74) is -0.208. The molecular weight excluding hydrogens is 386 g/mol. The minimum Gasteiger partial charge on any atom is -0.466 e. The lowest BCUT2D eigenvalue weighted by Crippen LogP contribution is -2.08. The van der Waals surface area contributed by atoms with E-state index in [0.29, 0.717) is 19.4 Å². The number of carbonyl (C=O) groups is 2. The van der Waals surface area contributed by atoms with E-state index >= 15 is 0 Å². The van der Waals surface area contributed by atoms with Gasteiger partial charge in [-0.05, 0) is 25.3 Å². The van der Waals surface area contributed by atoms with Crippen molar-refractivity contribution in [1.82, 2.24) is 0 Å². The molecule has 7 heteroatoms. The molecule has 0 saturated carbocycles. The molecule has 0 N–H and O–H groups in total. The van der Waals surface area contributed by atoms with Gasteiger partial charge in [0.25, 0.3) is 0 Å². The molecule has 0 aliphatic rings. The number of carbonyl (C=O) groups excluding carboxylic acids is 2. The fourth-order valence-corrected chi connectivity index (χ4v) is 3.08. The number of ether oxygens (including phenoxy) is 2. The fraction of sp³-hybridized carbons (Fsp3) is 0.652. The number of nitro groups is 1. The predicted octanol–water partition coefficient (Wildman–Crippen LogP) is 6.13. The van der Waals surface area contributed by atoms with Gasteiger partial charge in [-0.25, -0.2) is 0 Å². The maximum absolute atomic E-state index is 11.9. The number of esters is 2. The zero-order valence-corrected chi connectivity index (χ0v) is 18.1. The van der Waals surface area contributed by atoms with Crippen LogP contribution >= 0.6 is 0 Å². The molecule has 0 fully saturated rings. The first-order chi connectivity index (χ1) is 14.5. The van der Waals surface area contributed by atoms with Gasteiger partial charge in [-0.15, -0.1) is 0 Å². The van der Waals surface area contributed by atoms with Gasteiger partial charge in [0.05, 0.1) is 11.5 Å². The summed E-state index contributed by atoms with van der Waals surface area (Å²) < 4.78 is 10.3. The van der Waals surface area contributed by atoms with E-state index in [1.54, 1.807) is 6.07 Å². The lowest BCUT2D eigenvalue weighted by molar-refractivity contribution is -0.385. The minimum atomic E-state index is -0.563. The highest BCUT2D eigenvalue weighted by molar-refractivity contribution is 5.73. The van der Waals surface area contributed by atoms with E-state index in [4.69, 9.17) is 9.47 Å². The Morgan fingerprint density at radius 1 is 0.833 bits per heavy atom. The van der Waals surface area contributed by atoms with Crippen LogP contribution in [0.5, 0.6) is 5.75 Å². The van der Waals surface area contributed by atoms with Crippen LogP contribution in [0.3, 0.4) is 0 Å². The summed E-state index contributed by atoms with van der Waals surface area (Å²) in [5.74, 6) is -0.578. The summed E-state index contributed by atoms with van der Waals surface area (Å²) in [6, 6.07) is 5.86. The molecule has 0 radical (unpaired) electrons. The van der Waals surface area contributed by atoms with E-state index in [1.807, 2.05) is 0 Å². The zero-order valence-electron chi connectivity index (χ0n) is 18.1. The lowest BCUT2D eigenvalue weighted by Gasteiger charge is -2.06. The van der Waals surface area contributed by atoms with Gasteiger partial charge in [0.15, 0.2) is 0 Å². The molecule has 0 amide bonds. The number of hydrogen-bond acceptors (Lipinski definition) is 6. The van der Waals surface area contributed by atoms with Crippen molar-refractivity contribution < 1.29 is 24.0 Å². The Labute approximate surface area is 179 Å². The van der Waals surface area contributed by atoms with Crippen LogP contribution in [0.4, 0.5) is 5.69 Å². The molecule has 0 aromatic heterocycles. The molecule has 0 aliphatic heterocycles. The third kappa shape index (κ3) is 12.2. The van der Waals surface area contributed by atoms with E-state index in [-0.39, 0.29) is 23.8 Å². The van der Waals surface area contributed by atoms with Crippen LogP contribution in [0.25, 0.3) is 0 Å². The molecule has 1 aromatic rings. The highest BCUT2D eigenvalue weighted by Crippen LogP contribution is 2.26. The third-order valence-electron chi connectivity index (χ3n) is 4.81. The summed E-state index contributed by atoms with van der Waals surface area (Å²) in [5, 5.41) is 10.9. The van der Waals surface area contributed by atoms with E-state index in [1.165, 1.54) is 37.5 Å². The highest BCUT2D eigenvalue weighted by atomic mass is 16.6. The van der Waals surface area contributed by atoms with Gasteiger partial charge in [-0.1, -0.05) is 70.4 Å². The molecular formula is C23H35NO6. The average Bonchev–Trinajstić information content (AvgIpc) is 2.72. The Kier molecular flexibility index (Phi) is 14.0. The second-order valence-corrected chi connectivity index (χ2v) is 7.45. The third-order valence-corrected chi connectivity index (χ3v) is 4.81.